The average molecular weight is 330 g/mol. The highest BCUT2D eigenvalue weighted by Gasteiger charge is 2.28. The average Bonchev–Trinajstić information content (AvgIpc) is 2.47. The second kappa shape index (κ2) is 7.14. The van der Waals surface area contributed by atoms with Crippen molar-refractivity contribution in [1.29, 1.82) is 0 Å². The maximum atomic E-state index is 12.6. The molecule has 6 heteroatoms. The lowest BCUT2D eigenvalue weighted by Gasteiger charge is -2.35. The number of rotatable bonds is 4. The zero-order chi connectivity index (χ0) is 15.4. The first-order chi connectivity index (χ1) is 9.99. The molecule has 0 saturated carbocycles. The molecule has 1 aromatic carbocycles. The number of likely N-dealkylation sites (tertiary alicyclic amines) is 1. The van der Waals surface area contributed by atoms with Crippen LogP contribution >= 0.6 is 23.2 Å². The van der Waals surface area contributed by atoms with Gasteiger partial charge < -0.3 is 10.0 Å². The lowest BCUT2D eigenvalue weighted by Crippen LogP contribution is -2.44. The van der Waals surface area contributed by atoms with E-state index in [1.165, 1.54) is 0 Å². The Morgan fingerprint density at radius 2 is 2.00 bits per heavy atom. The summed E-state index contributed by atoms with van der Waals surface area (Å²) in [7, 11) is 0. The van der Waals surface area contributed by atoms with Crippen molar-refractivity contribution < 1.29 is 14.7 Å². The maximum Gasteiger partial charge on any atom is 0.303 e. The standard InChI is InChI=1S/C15H17Cl2NO3/c16-12-6-4-10(9-13(12)17)15(21)18-8-2-1-3-11(18)5-7-14(19)20/h4,6,9,11H,1-3,5,7-8H2,(H,19,20). The second-order valence-electron chi connectivity index (χ2n) is 5.21. The van der Waals surface area contributed by atoms with E-state index in [-0.39, 0.29) is 18.4 Å². The molecule has 0 bridgehead atoms. The van der Waals surface area contributed by atoms with Crippen LogP contribution in [0.3, 0.4) is 0 Å². The molecule has 0 radical (unpaired) electrons. The topological polar surface area (TPSA) is 57.6 Å². The molecule has 114 valence electrons. The normalized spacial score (nSPS) is 18.6. The van der Waals surface area contributed by atoms with Crippen molar-refractivity contribution in [3.05, 3.63) is 33.8 Å². The number of nitrogens with zero attached hydrogens (tertiary/aromatic N) is 1. The Morgan fingerprint density at radius 3 is 2.67 bits per heavy atom. The Bertz CT molecular complexity index is 548. The van der Waals surface area contributed by atoms with Crippen molar-refractivity contribution in [2.24, 2.45) is 0 Å². The molecule has 1 atom stereocenters. The summed E-state index contributed by atoms with van der Waals surface area (Å²) in [5.41, 5.74) is 0.492. The van der Waals surface area contributed by atoms with Gasteiger partial charge in [0.15, 0.2) is 0 Å². The van der Waals surface area contributed by atoms with Gasteiger partial charge in [-0.3, -0.25) is 9.59 Å². The van der Waals surface area contributed by atoms with E-state index in [1.54, 1.807) is 23.1 Å². The zero-order valence-electron chi connectivity index (χ0n) is 11.5. The molecule has 0 aromatic heterocycles. The van der Waals surface area contributed by atoms with Gasteiger partial charge in [-0.1, -0.05) is 23.2 Å². The first kappa shape index (κ1) is 16.1. The summed E-state index contributed by atoms with van der Waals surface area (Å²) < 4.78 is 0. The van der Waals surface area contributed by atoms with Gasteiger partial charge in [0, 0.05) is 24.6 Å². The lowest BCUT2D eigenvalue weighted by molar-refractivity contribution is -0.137. The van der Waals surface area contributed by atoms with Crippen LogP contribution < -0.4 is 0 Å². The van der Waals surface area contributed by atoms with Gasteiger partial charge in [-0.25, -0.2) is 0 Å². The van der Waals surface area contributed by atoms with Gasteiger partial charge in [0.2, 0.25) is 0 Å². The summed E-state index contributed by atoms with van der Waals surface area (Å²) in [6, 6.07) is 4.80. The lowest BCUT2D eigenvalue weighted by atomic mass is 9.97. The summed E-state index contributed by atoms with van der Waals surface area (Å²) in [5, 5.41) is 9.58. The van der Waals surface area contributed by atoms with Gasteiger partial charge in [0.25, 0.3) is 5.91 Å². The summed E-state index contributed by atoms with van der Waals surface area (Å²) in [6.07, 6.45) is 3.38. The van der Waals surface area contributed by atoms with Crippen LogP contribution in [-0.4, -0.2) is 34.5 Å². The molecule has 21 heavy (non-hydrogen) atoms. The number of benzene rings is 1. The molecule has 1 N–H and O–H groups in total. The summed E-state index contributed by atoms with van der Waals surface area (Å²) in [6.45, 7) is 0.656. The Labute approximate surface area is 133 Å². The third kappa shape index (κ3) is 4.11. The summed E-state index contributed by atoms with van der Waals surface area (Å²) >= 11 is 11.8. The molecule has 1 aliphatic rings. The van der Waals surface area contributed by atoms with Crippen LogP contribution in [0.1, 0.15) is 42.5 Å². The number of carboxylic acids is 1. The molecule has 1 heterocycles. The molecule has 1 unspecified atom stereocenters. The Balaban J connectivity index is 2.13. The molecular weight excluding hydrogens is 313 g/mol. The number of aliphatic carboxylic acids is 1. The fourth-order valence-electron chi connectivity index (χ4n) is 2.65. The molecule has 1 saturated heterocycles. The van der Waals surface area contributed by atoms with Gasteiger partial charge in [-0.15, -0.1) is 0 Å². The van der Waals surface area contributed by atoms with Crippen molar-refractivity contribution in [3.8, 4) is 0 Å². The van der Waals surface area contributed by atoms with E-state index in [2.05, 4.69) is 0 Å². The minimum Gasteiger partial charge on any atom is -0.481 e. The van der Waals surface area contributed by atoms with E-state index >= 15 is 0 Å². The number of hydrogen-bond acceptors (Lipinski definition) is 2. The van der Waals surface area contributed by atoms with Gasteiger partial charge in [-0.2, -0.15) is 0 Å². The number of carbonyl (C=O) groups is 2. The fourth-order valence-corrected chi connectivity index (χ4v) is 2.95. The van der Waals surface area contributed by atoms with Crippen LogP contribution in [0.2, 0.25) is 10.0 Å². The first-order valence-corrected chi connectivity index (χ1v) is 7.72. The third-order valence-corrected chi connectivity index (χ3v) is 4.49. The number of carbonyl (C=O) groups excluding carboxylic acids is 1. The quantitative estimate of drug-likeness (QED) is 0.912. The van der Waals surface area contributed by atoms with Gasteiger partial charge in [0.1, 0.15) is 0 Å². The molecule has 1 aromatic rings. The molecule has 1 aliphatic heterocycles. The van der Waals surface area contributed by atoms with E-state index in [1.807, 2.05) is 0 Å². The zero-order valence-corrected chi connectivity index (χ0v) is 13.0. The second-order valence-corrected chi connectivity index (χ2v) is 6.02. The molecule has 0 spiro atoms. The van der Waals surface area contributed by atoms with E-state index in [9.17, 15) is 9.59 Å². The van der Waals surface area contributed by atoms with E-state index < -0.39 is 5.97 Å². The number of amides is 1. The smallest absolute Gasteiger partial charge is 0.303 e. The largest absolute Gasteiger partial charge is 0.481 e. The number of halogens is 2. The number of hydrogen-bond donors (Lipinski definition) is 1. The Hall–Kier alpha value is -1.26. The van der Waals surface area contributed by atoms with Gasteiger partial charge in [0.05, 0.1) is 10.0 Å². The van der Waals surface area contributed by atoms with Crippen molar-refractivity contribution in [3.63, 3.8) is 0 Å². The maximum absolute atomic E-state index is 12.6. The van der Waals surface area contributed by atoms with Gasteiger partial charge >= 0.3 is 5.97 Å². The van der Waals surface area contributed by atoms with E-state index in [0.717, 1.165) is 19.3 Å². The highest BCUT2D eigenvalue weighted by atomic mass is 35.5. The first-order valence-electron chi connectivity index (χ1n) is 6.97. The minimum absolute atomic E-state index is 0.0168. The Morgan fingerprint density at radius 1 is 1.24 bits per heavy atom. The fraction of sp³-hybridized carbons (Fsp3) is 0.467. The third-order valence-electron chi connectivity index (χ3n) is 3.75. The number of carboxylic acid groups (broad SMARTS) is 1. The van der Waals surface area contributed by atoms with Crippen LogP contribution in [0.4, 0.5) is 0 Å². The summed E-state index contributed by atoms with van der Waals surface area (Å²) in [5.74, 6) is -0.939. The monoisotopic (exact) mass is 329 g/mol. The number of piperidine rings is 1. The molecular formula is C15H17Cl2NO3. The molecule has 1 fully saturated rings. The predicted octanol–water partition coefficient (Wildman–Crippen LogP) is 3.85. The molecule has 0 aliphatic carbocycles. The molecule has 4 nitrogen and oxygen atoms in total. The molecule has 2 rings (SSSR count). The van der Waals surface area contributed by atoms with E-state index in [4.69, 9.17) is 28.3 Å². The van der Waals surface area contributed by atoms with Gasteiger partial charge in [-0.05, 0) is 43.9 Å². The van der Waals surface area contributed by atoms with E-state index in [0.29, 0.717) is 28.6 Å². The SMILES string of the molecule is O=C(O)CCC1CCCCN1C(=O)c1ccc(Cl)c(Cl)c1. The van der Waals surface area contributed by atoms with Crippen molar-refractivity contribution in [2.75, 3.05) is 6.54 Å². The Kier molecular flexibility index (Phi) is 5.48. The van der Waals surface area contributed by atoms with Crippen molar-refractivity contribution in [1.82, 2.24) is 4.90 Å². The minimum atomic E-state index is -0.831. The highest BCUT2D eigenvalue weighted by molar-refractivity contribution is 6.42. The van der Waals surface area contributed by atoms with Crippen molar-refractivity contribution >= 4 is 35.1 Å². The molecule has 1 amide bonds. The van der Waals surface area contributed by atoms with Crippen LogP contribution in [-0.2, 0) is 4.79 Å². The van der Waals surface area contributed by atoms with Crippen LogP contribution in [0.15, 0.2) is 18.2 Å². The van der Waals surface area contributed by atoms with Crippen LogP contribution in [0.25, 0.3) is 0 Å². The summed E-state index contributed by atoms with van der Waals surface area (Å²) in [4.78, 5) is 25.1. The highest BCUT2D eigenvalue weighted by Crippen LogP contribution is 2.26. The van der Waals surface area contributed by atoms with Crippen molar-refractivity contribution in [2.45, 2.75) is 38.1 Å². The van der Waals surface area contributed by atoms with Crippen LogP contribution in [0.5, 0.6) is 0 Å². The van der Waals surface area contributed by atoms with Crippen LogP contribution in [0, 0.1) is 0 Å². The predicted molar refractivity (Wildman–Crippen MR) is 82.0 cm³/mol.